The van der Waals surface area contributed by atoms with E-state index in [2.05, 4.69) is 6.92 Å². The number of aliphatic hydroxyl groups is 1. The van der Waals surface area contributed by atoms with E-state index in [1.807, 2.05) is 0 Å². The van der Waals surface area contributed by atoms with Gasteiger partial charge in [0.1, 0.15) is 0 Å². The maximum atomic E-state index is 8.83. The van der Waals surface area contributed by atoms with E-state index >= 15 is 0 Å². The Morgan fingerprint density at radius 1 is 1.40 bits per heavy atom. The first-order valence-electron chi connectivity index (χ1n) is 4.03. The average molecular weight is 146 g/mol. The molecule has 0 rings (SSSR count). The molecule has 0 bridgehead atoms. The second-order valence-electron chi connectivity index (χ2n) is 2.60. The first-order chi connectivity index (χ1) is 4.77. The molecule has 1 unspecified atom stereocenters. The predicted octanol–water partition coefficient (Wildman–Crippen LogP) is 1.57. The van der Waals surface area contributed by atoms with Crippen LogP contribution in [0.2, 0.25) is 0 Å². The highest BCUT2D eigenvalue weighted by atomic mass is 16.5. The molecule has 0 amide bonds. The van der Waals surface area contributed by atoms with Gasteiger partial charge < -0.3 is 9.84 Å². The van der Waals surface area contributed by atoms with E-state index in [4.69, 9.17) is 9.84 Å². The molecule has 2 nitrogen and oxygen atoms in total. The second kappa shape index (κ2) is 7.03. The topological polar surface area (TPSA) is 29.5 Å². The van der Waals surface area contributed by atoms with Gasteiger partial charge in [0.25, 0.3) is 0 Å². The Labute approximate surface area is 63.2 Å². The molecule has 0 saturated carbocycles. The van der Waals surface area contributed by atoms with Gasteiger partial charge >= 0.3 is 0 Å². The van der Waals surface area contributed by atoms with Crippen molar-refractivity contribution in [1.82, 2.24) is 0 Å². The summed E-state index contributed by atoms with van der Waals surface area (Å²) in [4.78, 5) is 0. The average Bonchev–Trinajstić information content (AvgIpc) is 1.87. The van der Waals surface area contributed by atoms with Crippen LogP contribution in [-0.2, 0) is 4.74 Å². The van der Waals surface area contributed by atoms with Crippen LogP contribution in [-0.4, -0.2) is 24.4 Å². The first-order valence-corrected chi connectivity index (χ1v) is 4.03. The fraction of sp³-hybridized carbons (Fsp3) is 1.00. The maximum absolute atomic E-state index is 8.83. The lowest BCUT2D eigenvalue weighted by Crippen LogP contribution is -2.05. The van der Waals surface area contributed by atoms with Gasteiger partial charge in [-0.05, 0) is 19.8 Å². The van der Waals surface area contributed by atoms with E-state index in [1.54, 1.807) is 6.92 Å². The van der Waals surface area contributed by atoms with Crippen molar-refractivity contribution in [3.05, 3.63) is 0 Å². The molecular formula is C8H18O2. The summed E-state index contributed by atoms with van der Waals surface area (Å²) in [5.74, 6) is 0. The number of rotatable bonds is 6. The third kappa shape index (κ3) is 7.92. The number of ether oxygens (including phenoxy) is 1. The molecule has 10 heavy (non-hydrogen) atoms. The van der Waals surface area contributed by atoms with Crippen molar-refractivity contribution in [2.75, 3.05) is 13.2 Å². The van der Waals surface area contributed by atoms with Crippen LogP contribution >= 0.6 is 0 Å². The third-order valence-corrected chi connectivity index (χ3v) is 1.32. The fourth-order valence-electron chi connectivity index (χ4n) is 0.602. The van der Waals surface area contributed by atoms with E-state index in [9.17, 15) is 0 Å². The van der Waals surface area contributed by atoms with Crippen molar-refractivity contribution < 1.29 is 9.84 Å². The number of hydrogen-bond donors (Lipinski definition) is 1. The molecule has 0 fully saturated rings. The van der Waals surface area contributed by atoms with Gasteiger partial charge in [-0.25, -0.2) is 0 Å². The summed E-state index contributed by atoms with van der Waals surface area (Å²) >= 11 is 0. The molecule has 0 spiro atoms. The van der Waals surface area contributed by atoms with Crippen molar-refractivity contribution >= 4 is 0 Å². The molecule has 1 atom stereocenters. The molecular weight excluding hydrogens is 128 g/mol. The third-order valence-electron chi connectivity index (χ3n) is 1.32. The van der Waals surface area contributed by atoms with Gasteiger partial charge in [-0.3, -0.25) is 0 Å². The molecule has 0 saturated heterocycles. The number of hydrogen-bond acceptors (Lipinski definition) is 2. The van der Waals surface area contributed by atoms with Gasteiger partial charge in [-0.1, -0.05) is 13.3 Å². The van der Waals surface area contributed by atoms with Crippen LogP contribution < -0.4 is 0 Å². The van der Waals surface area contributed by atoms with Gasteiger partial charge in [-0.2, -0.15) is 0 Å². The van der Waals surface area contributed by atoms with E-state index < -0.39 is 0 Å². The van der Waals surface area contributed by atoms with Crippen molar-refractivity contribution in [3.63, 3.8) is 0 Å². The number of aliphatic hydroxyl groups excluding tert-OH is 1. The zero-order chi connectivity index (χ0) is 7.82. The lowest BCUT2D eigenvalue weighted by atomic mass is 10.3. The van der Waals surface area contributed by atoms with Gasteiger partial charge in [0.15, 0.2) is 0 Å². The summed E-state index contributed by atoms with van der Waals surface area (Å²) in [6.07, 6.45) is 2.83. The quantitative estimate of drug-likeness (QED) is 0.576. The van der Waals surface area contributed by atoms with Crippen molar-refractivity contribution in [1.29, 1.82) is 0 Å². The Morgan fingerprint density at radius 3 is 2.60 bits per heavy atom. The minimum Gasteiger partial charge on any atom is -0.393 e. The van der Waals surface area contributed by atoms with Crippen molar-refractivity contribution in [2.45, 2.75) is 39.2 Å². The van der Waals surface area contributed by atoms with E-state index in [0.717, 1.165) is 19.4 Å². The van der Waals surface area contributed by atoms with Crippen LogP contribution in [0.1, 0.15) is 33.1 Å². The zero-order valence-electron chi connectivity index (χ0n) is 6.97. The van der Waals surface area contributed by atoms with Gasteiger partial charge in [-0.15, -0.1) is 0 Å². The monoisotopic (exact) mass is 146 g/mol. The Morgan fingerprint density at radius 2 is 2.10 bits per heavy atom. The van der Waals surface area contributed by atoms with Crippen LogP contribution in [0.4, 0.5) is 0 Å². The molecule has 0 radical (unpaired) electrons. The zero-order valence-corrected chi connectivity index (χ0v) is 6.97. The molecule has 0 aromatic carbocycles. The Kier molecular flexibility index (Phi) is 6.98. The van der Waals surface area contributed by atoms with Crippen molar-refractivity contribution in [3.8, 4) is 0 Å². The molecule has 0 aliphatic rings. The van der Waals surface area contributed by atoms with E-state index in [-0.39, 0.29) is 6.10 Å². The van der Waals surface area contributed by atoms with Gasteiger partial charge in [0.05, 0.1) is 6.10 Å². The Bertz CT molecular complexity index is 62.3. The van der Waals surface area contributed by atoms with Crippen LogP contribution in [0, 0.1) is 0 Å². The molecule has 2 heteroatoms. The molecule has 0 aromatic heterocycles. The number of unbranched alkanes of at least 4 members (excludes halogenated alkanes) is 1. The SMILES string of the molecule is CCCCOCCC(C)O. The molecule has 0 aliphatic heterocycles. The van der Waals surface area contributed by atoms with Crippen LogP contribution in [0.25, 0.3) is 0 Å². The standard InChI is InChI=1S/C8H18O2/c1-3-4-6-10-7-5-8(2)9/h8-9H,3-7H2,1-2H3. The van der Waals surface area contributed by atoms with Crippen LogP contribution in [0.15, 0.2) is 0 Å². The minimum atomic E-state index is -0.221. The Hall–Kier alpha value is -0.0800. The highest BCUT2D eigenvalue weighted by molar-refractivity contribution is 4.44. The van der Waals surface area contributed by atoms with Crippen LogP contribution in [0.3, 0.4) is 0 Å². The Balaban J connectivity index is 2.77. The second-order valence-corrected chi connectivity index (χ2v) is 2.60. The molecule has 1 N–H and O–H groups in total. The summed E-state index contributed by atoms with van der Waals surface area (Å²) < 4.78 is 5.22. The molecule has 0 heterocycles. The lowest BCUT2D eigenvalue weighted by molar-refractivity contribution is 0.0877. The normalized spacial score (nSPS) is 13.5. The summed E-state index contributed by atoms with van der Waals surface area (Å²) in [5.41, 5.74) is 0. The lowest BCUT2D eigenvalue weighted by Gasteiger charge is -2.04. The summed E-state index contributed by atoms with van der Waals surface area (Å²) in [5, 5.41) is 8.83. The smallest absolute Gasteiger partial charge is 0.0534 e. The highest BCUT2D eigenvalue weighted by Gasteiger charge is 1.93. The molecule has 0 aliphatic carbocycles. The van der Waals surface area contributed by atoms with Crippen molar-refractivity contribution in [2.24, 2.45) is 0 Å². The summed E-state index contributed by atoms with van der Waals surface area (Å²) in [6.45, 7) is 5.45. The van der Waals surface area contributed by atoms with E-state index in [1.165, 1.54) is 6.42 Å². The predicted molar refractivity (Wildman–Crippen MR) is 42.0 cm³/mol. The van der Waals surface area contributed by atoms with Crippen LogP contribution in [0.5, 0.6) is 0 Å². The summed E-state index contributed by atoms with van der Waals surface area (Å²) in [6, 6.07) is 0. The largest absolute Gasteiger partial charge is 0.393 e. The molecule has 0 aromatic rings. The maximum Gasteiger partial charge on any atom is 0.0534 e. The first kappa shape index (κ1) is 9.92. The fourth-order valence-corrected chi connectivity index (χ4v) is 0.602. The molecule has 62 valence electrons. The summed E-state index contributed by atoms with van der Waals surface area (Å²) in [7, 11) is 0. The van der Waals surface area contributed by atoms with E-state index in [0.29, 0.717) is 6.61 Å². The highest BCUT2D eigenvalue weighted by Crippen LogP contribution is 1.92. The van der Waals surface area contributed by atoms with Gasteiger partial charge in [0, 0.05) is 13.2 Å². The minimum absolute atomic E-state index is 0.221. The van der Waals surface area contributed by atoms with Gasteiger partial charge in [0.2, 0.25) is 0 Å².